The smallest absolute Gasteiger partial charge is 0.0704 e. The summed E-state index contributed by atoms with van der Waals surface area (Å²) in [6, 6.07) is 10.7. The van der Waals surface area contributed by atoms with Gasteiger partial charge in [-0.15, -0.1) is 0 Å². The predicted molar refractivity (Wildman–Crippen MR) is 73.2 cm³/mol. The second-order valence-corrected chi connectivity index (χ2v) is 4.38. The molecule has 2 rings (SSSR count). The number of aryl methyl sites for hydroxylation is 1. The molecule has 90 valence electrons. The van der Waals surface area contributed by atoms with E-state index in [-0.39, 0.29) is 0 Å². The lowest BCUT2D eigenvalue weighted by Crippen LogP contribution is -2.16. The zero-order valence-electron chi connectivity index (χ0n) is 10.4. The van der Waals surface area contributed by atoms with E-state index < -0.39 is 0 Å². The van der Waals surface area contributed by atoms with Gasteiger partial charge in [0.25, 0.3) is 0 Å². The van der Waals surface area contributed by atoms with Crippen LogP contribution < -0.4 is 5.32 Å². The van der Waals surface area contributed by atoms with Crippen LogP contribution in [0.4, 0.5) is 0 Å². The molecule has 0 amide bonds. The third-order valence-electron chi connectivity index (χ3n) is 2.92. The quantitative estimate of drug-likeness (QED) is 0.768. The van der Waals surface area contributed by atoms with Gasteiger partial charge >= 0.3 is 0 Å². The van der Waals surface area contributed by atoms with Crippen LogP contribution in [0.1, 0.15) is 25.3 Å². The fourth-order valence-electron chi connectivity index (χ4n) is 1.99. The van der Waals surface area contributed by atoms with E-state index in [1.54, 1.807) is 0 Å². The number of fused-ring (bicyclic) bond motifs is 1. The Kier molecular flexibility index (Phi) is 4.51. The molecule has 1 heterocycles. The summed E-state index contributed by atoms with van der Waals surface area (Å²) in [5.41, 5.74) is 2.49. The van der Waals surface area contributed by atoms with Crippen molar-refractivity contribution in [3.05, 3.63) is 42.1 Å². The highest BCUT2D eigenvalue weighted by Crippen LogP contribution is 2.14. The van der Waals surface area contributed by atoms with Gasteiger partial charge in [-0.1, -0.05) is 25.1 Å². The molecule has 0 aliphatic rings. The van der Waals surface area contributed by atoms with Crippen molar-refractivity contribution in [2.75, 3.05) is 13.1 Å². The first-order valence-electron chi connectivity index (χ1n) is 6.44. The van der Waals surface area contributed by atoms with Crippen LogP contribution in [0.5, 0.6) is 0 Å². The molecular formula is C15H20N2. The third-order valence-corrected chi connectivity index (χ3v) is 2.92. The van der Waals surface area contributed by atoms with Crippen LogP contribution in [0.25, 0.3) is 10.9 Å². The van der Waals surface area contributed by atoms with Crippen LogP contribution in [-0.2, 0) is 6.42 Å². The first-order chi connectivity index (χ1) is 8.40. The molecule has 0 unspecified atom stereocenters. The van der Waals surface area contributed by atoms with E-state index in [9.17, 15) is 0 Å². The zero-order chi connectivity index (χ0) is 11.9. The maximum Gasteiger partial charge on any atom is 0.0704 e. The van der Waals surface area contributed by atoms with Crippen LogP contribution >= 0.6 is 0 Å². The average molecular weight is 228 g/mol. The molecule has 0 saturated heterocycles. The monoisotopic (exact) mass is 228 g/mol. The van der Waals surface area contributed by atoms with Crippen molar-refractivity contribution >= 4 is 10.9 Å². The van der Waals surface area contributed by atoms with Gasteiger partial charge in [0, 0.05) is 11.6 Å². The van der Waals surface area contributed by atoms with Crippen molar-refractivity contribution in [3.63, 3.8) is 0 Å². The molecule has 0 fully saturated rings. The number of benzene rings is 1. The van der Waals surface area contributed by atoms with Crippen molar-refractivity contribution < 1.29 is 0 Å². The standard InChI is InChI=1S/C15H20N2/c1-2-9-16-10-3-5-13-7-8-14-6-4-11-17-15(14)12-13/h4,6-8,11-12,16H,2-3,5,9-10H2,1H3. The molecular weight excluding hydrogens is 208 g/mol. The van der Waals surface area contributed by atoms with E-state index in [1.807, 2.05) is 12.3 Å². The van der Waals surface area contributed by atoms with Crippen LogP contribution in [0, 0.1) is 0 Å². The highest BCUT2D eigenvalue weighted by atomic mass is 14.8. The van der Waals surface area contributed by atoms with Gasteiger partial charge in [0.15, 0.2) is 0 Å². The Morgan fingerprint density at radius 2 is 2.12 bits per heavy atom. The van der Waals surface area contributed by atoms with E-state index >= 15 is 0 Å². The van der Waals surface area contributed by atoms with Gasteiger partial charge in [0.1, 0.15) is 0 Å². The fraction of sp³-hybridized carbons (Fsp3) is 0.400. The molecule has 2 heteroatoms. The number of nitrogens with zero attached hydrogens (tertiary/aromatic N) is 1. The van der Waals surface area contributed by atoms with E-state index in [0.717, 1.165) is 25.0 Å². The molecule has 0 aliphatic heterocycles. The van der Waals surface area contributed by atoms with Crippen molar-refractivity contribution in [1.82, 2.24) is 10.3 Å². The summed E-state index contributed by atoms with van der Waals surface area (Å²) in [6.45, 7) is 4.43. The molecule has 17 heavy (non-hydrogen) atoms. The number of rotatable bonds is 6. The molecule has 0 radical (unpaired) electrons. The van der Waals surface area contributed by atoms with Crippen LogP contribution in [0.3, 0.4) is 0 Å². The van der Waals surface area contributed by atoms with Crippen molar-refractivity contribution in [2.45, 2.75) is 26.2 Å². The van der Waals surface area contributed by atoms with E-state index in [0.29, 0.717) is 0 Å². The highest BCUT2D eigenvalue weighted by molar-refractivity contribution is 5.78. The second-order valence-electron chi connectivity index (χ2n) is 4.38. The molecule has 0 spiro atoms. The van der Waals surface area contributed by atoms with E-state index in [1.165, 1.54) is 23.8 Å². The Labute approximate surface area is 103 Å². The fourth-order valence-corrected chi connectivity index (χ4v) is 1.99. The third kappa shape index (κ3) is 3.53. The number of hydrogen-bond donors (Lipinski definition) is 1. The minimum absolute atomic E-state index is 1.10. The SMILES string of the molecule is CCCNCCCc1ccc2cccnc2c1. The summed E-state index contributed by atoms with van der Waals surface area (Å²) < 4.78 is 0. The summed E-state index contributed by atoms with van der Waals surface area (Å²) in [6.07, 6.45) is 5.39. The lowest BCUT2D eigenvalue weighted by atomic mass is 10.1. The Morgan fingerprint density at radius 1 is 1.18 bits per heavy atom. The highest BCUT2D eigenvalue weighted by Gasteiger charge is 1.97. The molecule has 0 aliphatic carbocycles. The molecule has 2 aromatic rings. The maximum absolute atomic E-state index is 4.38. The molecule has 2 nitrogen and oxygen atoms in total. The molecule has 1 aromatic carbocycles. The summed E-state index contributed by atoms with van der Waals surface area (Å²) in [5, 5.41) is 4.65. The topological polar surface area (TPSA) is 24.9 Å². The summed E-state index contributed by atoms with van der Waals surface area (Å²) >= 11 is 0. The largest absolute Gasteiger partial charge is 0.317 e. The summed E-state index contributed by atoms with van der Waals surface area (Å²) in [4.78, 5) is 4.38. The Balaban J connectivity index is 1.90. The minimum atomic E-state index is 1.10. The summed E-state index contributed by atoms with van der Waals surface area (Å²) in [5.74, 6) is 0. The normalized spacial score (nSPS) is 10.9. The lowest BCUT2D eigenvalue weighted by molar-refractivity contribution is 0.640. The van der Waals surface area contributed by atoms with Gasteiger partial charge in [-0.3, -0.25) is 4.98 Å². The first kappa shape index (κ1) is 12.1. The molecule has 1 aromatic heterocycles. The minimum Gasteiger partial charge on any atom is -0.317 e. The predicted octanol–water partition coefficient (Wildman–Crippen LogP) is 3.17. The maximum atomic E-state index is 4.38. The molecule has 0 atom stereocenters. The Morgan fingerprint density at radius 3 is 3.00 bits per heavy atom. The summed E-state index contributed by atoms with van der Waals surface area (Å²) in [7, 11) is 0. The van der Waals surface area contributed by atoms with Gasteiger partial charge in [-0.05, 0) is 50.0 Å². The van der Waals surface area contributed by atoms with Crippen molar-refractivity contribution in [2.24, 2.45) is 0 Å². The van der Waals surface area contributed by atoms with Gasteiger partial charge in [-0.25, -0.2) is 0 Å². The second kappa shape index (κ2) is 6.36. The van der Waals surface area contributed by atoms with Gasteiger partial charge in [0.05, 0.1) is 5.52 Å². The number of nitrogens with one attached hydrogen (secondary N) is 1. The molecule has 0 bridgehead atoms. The molecule has 1 N–H and O–H groups in total. The number of hydrogen-bond acceptors (Lipinski definition) is 2. The number of aromatic nitrogens is 1. The number of pyridine rings is 1. The van der Waals surface area contributed by atoms with Crippen molar-refractivity contribution in [3.8, 4) is 0 Å². The molecule has 0 saturated carbocycles. The van der Waals surface area contributed by atoms with Gasteiger partial charge in [-0.2, -0.15) is 0 Å². The van der Waals surface area contributed by atoms with Crippen LogP contribution in [0.15, 0.2) is 36.5 Å². The first-order valence-corrected chi connectivity index (χ1v) is 6.44. The van der Waals surface area contributed by atoms with Crippen molar-refractivity contribution in [1.29, 1.82) is 0 Å². The van der Waals surface area contributed by atoms with Gasteiger partial charge in [0.2, 0.25) is 0 Å². The average Bonchev–Trinajstić information content (AvgIpc) is 2.38. The van der Waals surface area contributed by atoms with E-state index in [4.69, 9.17) is 0 Å². The zero-order valence-corrected chi connectivity index (χ0v) is 10.4. The van der Waals surface area contributed by atoms with Crippen LogP contribution in [0.2, 0.25) is 0 Å². The van der Waals surface area contributed by atoms with E-state index in [2.05, 4.69) is 41.5 Å². The van der Waals surface area contributed by atoms with Gasteiger partial charge < -0.3 is 5.32 Å². The lowest BCUT2D eigenvalue weighted by Gasteiger charge is -2.04. The van der Waals surface area contributed by atoms with Crippen LogP contribution in [-0.4, -0.2) is 18.1 Å². The Bertz CT molecular complexity index is 465. The Hall–Kier alpha value is -1.41.